The summed E-state index contributed by atoms with van der Waals surface area (Å²) in [5.41, 5.74) is 3.17. The molecule has 1 heterocycles. The van der Waals surface area contributed by atoms with Crippen molar-refractivity contribution in [2.45, 2.75) is 13.8 Å². The first-order chi connectivity index (χ1) is 17.3. The van der Waals surface area contributed by atoms with Gasteiger partial charge in [-0.15, -0.1) is 0 Å². The summed E-state index contributed by atoms with van der Waals surface area (Å²) in [4.78, 5) is 27.4. The summed E-state index contributed by atoms with van der Waals surface area (Å²) < 4.78 is 11.9. The average Bonchev–Trinajstić information content (AvgIpc) is 3.12. The first kappa shape index (κ1) is 25.8. The standard InChI is InChI=1S/C27H23ClN2O4S2/c1-3-33-23-13-18(9-12-22(23)34-16-25(31)29-20-6-4-5-19(28)15-20)14-24-26(32)30(27(35)36-24)21-10-7-17(2)8-11-21/h4-15H,3,16H2,1-2H3,(H,29,31)/b24-14-. The van der Waals surface area contributed by atoms with E-state index in [9.17, 15) is 9.59 Å². The quantitative estimate of drug-likeness (QED) is 0.262. The van der Waals surface area contributed by atoms with Gasteiger partial charge in [-0.2, -0.15) is 0 Å². The fourth-order valence-corrected chi connectivity index (χ4v) is 4.93. The number of thiocarbonyl (C=S) groups is 1. The van der Waals surface area contributed by atoms with E-state index in [0.717, 1.165) is 16.8 Å². The number of nitrogens with one attached hydrogen (secondary N) is 1. The second-order valence-corrected chi connectivity index (χ2v) is 9.95. The van der Waals surface area contributed by atoms with Gasteiger partial charge < -0.3 is 14.8 Å². The molecular weight excluding hydrogens is 516 g/mol. The number of benzene rings is 3. The number of hydrogen-bond donors (Lipinski definition) is 1. The lowest BCUT2D eigenvalue weighted by atomic mass is 10.1. The maximum absolute atomic E-state index is 13.1. The lowest BCUT2D eigenvalue weighted by Gasteiger charge is -2.14. The Bertz CT molecular complexity index is 1340. The molecule has 4 rings (SSSR count). The molecule has 0 atom stereocenters. The van der Waals surface area contributed by atoms with E-state index in [4.69, 9.17) is 33.3 Å². The Morgan fingerprint density at radius 3 is 2.58 bits per heavy atom. The lowest BCUT2D eigenvalue weighted by molar-refractivity contribution is -0.118. The fourth-order valence-electron chi connectivity index (χ4n) is 3.44. The van der Waals surface area contributed by atoms with Gasteiger partial charge in [-0.3, -0.25) is 14.5 Å². The number of rotatable bonds is 8. The van der Waals surface area contributed by atoms with Gasteiger partial charge in [0, 0.05) is 10.7 Å². The Hall–Kier alpha value is -3.33. The zero-order chi connectivity index (χ0) is 25.7. The summed E-state index contributed by atoms with van der Waals surface area (Å²) in [6.45, 7) is 4.04. The van der Waals surface area contributed by atoms with Crippen LogP contribution < -0.4 is 19.7 Å². The third-order valence-electron chi connectivity index (χ3n) is 5.12. The zero-order valence-electron chi connectivity index (χ0n) is 19.6. The summed E-state index contributed by atoms with van der Waals surface area (Å²) in [5, 5.41) is 3.26. The van der Waals surface area contributed by atoms with E-state index in [2.05, 4.69) is 5.32 Å². The third-order valence-corrected chi connectivity index (χ3v) is 6.66. The summed E-state index contributed by atoms with van der Waals surface area (Å²) in [5.74, 6) is 0.381. The minimum Gasteiger partial charge on any atom is -0.490 e. The van der Waals surface area contributed by atoms with E-state index in [0.29, 0.717) is 38.0 Å². The summed E-state index contributed by atoms with van der Waals surface area (Å²) in [7, 11) is 0. The van der Waals surface area contributed by atoms with Crippen LogP contribution in [0, 0.1) is 6.92 Å². The van der Waals surface area contributed by atoms with Crippen molar-refractivity contribution < 1.29 is 19.1 Å². The van der Waals surface area contributed by atoms with Gasteiger partial charge in [-0.25, -0.2) is 0 Å². The second kappa shape index (κ2) is 11.6. The van der Waals surface area contributed by atoms with Crippen molar-refractivity contribution in [3.8, 4) is 11.5 Å². The highest BCUT2D eigenvalue weighted by atomic mass is 35.5. The maximum Gasteiger partial charge on any atom is 0.270 e. The van der Waals surface area contributed by atoms with Gasteiger partial charge >= 0.3 is 0 Å². The van der Waals surface area contributed by atoms with Gasteiger partial charge in [0.1, 0.15) is 0 Å². The van der Waals surface area contributed by atoms with Gasteiger partial charge in [0.15, 0.2) is 22.4 Å². The van der Waals surface area contributed by atoms with Crippen molar-refractivity contribution >= 4 is 69.2 Å². The molecule has 9 heteroatoms. The molecule has 1 aliphatic rings. The number of amides is 2. The molecule has 1 fully saturated rings. The molecule has 0 aliphatic carbocycles. The number of ether oxygens (including phenoxy) is 2. The van der Waals surface area contributed by atoms with Crippen LogP contribution in [0.3, 0.4) is 0 Å². The van der Waals surface area contributed by atoms with Crippen LogP contribution in [0.4, 0.5) is 11.4 Å². The van der Waals surface area contributed by atoms with E-state index in [1.165, 1.54) is 16.7 Å². The number of carbonyl (C=O) groups is 2. The van der Waals surface area contributed by atoms with Crippen LogP contribution in [-0.2, 0) is 9.59 Å². The summed E-state index contributed by atoms with van der Waals surface area (Å²) >= 11 is 12.7. The van der Waals surface area contributed by atoms with Crippen LogP contribution in [0.15, 0.2) is 71.6 Å². The van der Waals surface area contributed by atoms with E-state index in [-0.39, 0.29) is 18.4 Å². The number of nitrogens with zero attached hydrogens (tertiary/aromatic N) is 1. The van der Waals surface area contributed by atoms with Gasteiger partial charge in [-0.1, -0.05) is 65.4 Å². The molecule has 0 radical (unpaired) electrons. The Morgan fingerprint density at radius 1 is 1.08 bits per heavy atom. The van der Waals surface area contributed by atoms with E-state index in [1.807, 2.05) is 38.1 Å². The normalized spacial score (nSPS) is 14.3. The monoisotopic (exact) mass is 538 g/mol. The SMILES string of the molecule is CCOc1cc(/C=C2\SC(=S)N(c3ccc(C)cc3)C2=O)ccc1OCC(=O)Nc1cccc(Cl)c1. The molecule has 3 aromatic rings. The number of hydrogen-bond acceptors (Lipinski definition) is 6. The Labute approximate surface area is 224 Å². The fraction of sp³-hybridized carbons (Fsp3) is 0.148. The van der Waals surface area contributed by atoms with Crippen molar-refractivity contribution in [3.63, 3.8) is 0 Å². The molecule has 6 nitrogen and oxygen atoms in total. The van der Waals surface area contributed by atoms with Crippen molar-refractivity contribution in [1.82, 2.24) is 0 Å². The predicted molar refractivity (Wildman–Crippen MR) is 150 cm³/mol. The highest BCUT2D eigenvalue weighted by Crippen LogP contribution is 2.37. The molecule has 0 spiro atoms. The molecule has 1 N–H and O–H groups in total. The summed E-state index contributed by atoms with van der Waals surface area (Å²) in [6.07, 6.45) is 1.77. The predicted octanol–water partition coefficient (Wildman–Crippen LogP) is 6.47. The molecular formula is C27H23ClN2O4S2. The molecule has 1 aliphatic heterocycles. The van der Waals surface area contributed by atoms with E-state index in [1.54, 1.807) is 48.5 Å². The number of thioether (sulfide) groups is 1. The Morgan fingerprint density at radius 2 is 1.86 bits per heavy atom. The van der Waals surface area contributed by atoms with Crippen molar-refractivity contribution in [1.29, 1.82) is 0 Å². The molecule has 0 aromatic heterocycles. The van der Waals surface area contributed by atoms with Crippen LogP contribution in [0.2, 0.25) is 5.02 Å². The van der Waals surface area contributed by atoms with Gasteiger partial charge in [0.05, 0.1) is 17.2 Å². The highest BCUT2D eigenvalue weighted by Gasteiger charge is 2.33. The Kier molecular flexibility index (Phi) is 8.30. The first-order valence-electron chi connectivity index (χ1n) is 11.1. The van der Waals surface area contributed by atoms with Gasteiger partial charge in [0.2, 0.25) is 0 Å². The smallest absolute Gasteiger partial charge is 0.270 e. The molecule has 0 unspecified atom stereocenters. The average molecular weight is 539 g/mol. The van der Waals surface area contributed by atoms with E-state index < -0.39 is 0 Å². The molecule has 2 amide bonds. The van der Waals surface area contributed by atoms with Crippen LogP contribution in [0.25, 0.3) is 6.08 Å². The third kappa shape index (κ3) is 6.26. The molecule has 0 saturated carbocycles. The largest absolute Gasteiger partial charge is 0.490 e. The minimum absolute atomic E-state index is 0.176. The van der Waals surface area contributed by atoms with Crippen LogP contribution in [0.1, 0.15) is 18.1 Å². The maximum atomic E-state index is 13.1. The lowest BCUT2D eigenvalue weighted by Crippen LogP contribution is -2.27. The van der Waals surface area contributed by atoms with Gasteiger partial charge in [-0.05, 0) is 68.0 Å². The number of aryl methyl sites for hydroxylation is 1. The number of anilines is 2. The topological polar surface area (TPSA) is 67.9 Å². The zero-order valence-corrected chi connectivity index (χ0v) is 22.0. The van der Waals surface area contributed by atoms with Crippen LogP contribution in [0.5, 0.6) is 11.5 Å². The van der Waals surface area contributed by atoms with E-state index >= 15 is 0 Å². The second-order valence-electron chi connectivity index (χ2n) is 7.84. The Balaban J connectivity index is 1.47. The van der Waals surface area contributed by atoms with Crippen molar-refractivity contribution in [2.75, 3.05) is 23.4 Å². The van der Waals surface area contributed by atoms with Crippen LogP contribution >= 0.6 is 35.6 Å². The molecule has 3 aromatic carbocycles. The summed E-state index contributed by atoms with van der Waals surface area (Å²) in [6, 6.07) is 19.8. The minimum atomic E-state index is -0.330. The van der Waals surface area contributed by atoms with Crippen molar-refractivity contribution in [3.05, 3.63) is 87.8 Å². The highest BCUT2D eigenvalue weighted by molar-refractivity contribution is 8.27. The van der Waals surface area contributed by atoms with Gasteiger partial charge in [0.25, 0.3) is 11.8 Å². The number of halogens is 1. The van der Waals surface area contributed by atoms with Crippen molar-refractivity contribution in [2.24, 2.45) is 0 Å². The number of carbonyl (C=O) groups excluding carboxylic acids is 2. The molecule has 0 bridgehead atoms. The molecule has 36 heavy (non-hydrogen) atoms. The first-order valence-corrected chi connectivity index (χ1v) is 12.7. The molecule has 184 valence electrons. The molecule has 1 saturated heterocycles. The van der Waals surface area contributed by atoms with Crippen LogP contribution in [-0.4, -0.2) is 29.3 Å².